The van der Waals surface area contributed by atoms with Crippen LogP contribution in [0.3, 0.4) is 0 Å². The van der Waals surface area contributed by atoms with E-state index in [1.54, 1.807) is 11.5 Å². The Kier molecular flexibility index (Phi) is 6.65. The number of nitrogens with one attached hydrogen (secondary N) is 1. The maximum atomic E-state index is 12.3. The smallest absolute Gasteiger partial charge is 0.354 e. The number of aliphatic hydroxyl groups is 1. The van der Waals surface area contributed by atoms with Crippen molar-refractivity contribution in [3.63, 3.8) is 0 Å². The SMILES string of the molecule is CCOC(=O)c1cc(-c2cc(Cl)cc3ncn(CCC[C@H]4NCCC[C@@H]4O)c23)cn1C. The Labute approximate surface area is 187 Å². The largest absolute Gasteiger partial charge is 0.461 e. The Morgan fingerprint density at radius 3 is 3.00 bits per heavy atom. The number of aliphatic hydroxyl groups excluding tert-OH is 1. The number of carbonyl (C=O) groups is 1. The van der Waals surface area contributed by atoms with Crippen molar-refractivity contribution in [2.24, 2.45) is 7.05 Å². The zero-order chi connectivity index (χ0) is 22.0. The van der Waals surface area contributed by atoms with E-state index in [9.17, 15) is 9.90 Å². The molecule has 2 atom stereocenters. The summed E-state index contributed by atoms with van der Waals surface area (Å²) in [7, 11) is 1.83. The lowest BCUT2D eigenvalue weighted by atomic mass is 9.97. The molecule has 8 heteroatoms. The van der Waals surface area contributed by atoms with E-state index in [4.69, 9.17) is 16.3 Å². The van der Waals surface area contributed by atoms with Gasteiger partial charge in [-0.3, -0.25) is 0 Å². The summed E-state index contributed by atoms with van der Waals surface area (Å²) in [6, 6.07) is 5.76. The van der Waals surface area contributed by atoms with Gasteiger partial charge in [0.2, 0.25) is 0 Å². The summed E-state index contributed by atoms with van der Waals surface area (Å²) in [4.78, 5) is 16.8. The van der Waals surface area contributed by atoms with Crippen molar-refractivity contribution >= 4 is 28.6 Å². The molecule has 1 aliphatic heterocycles. The number of ether oxygens (including phenoxy) is 1. The highest BCUT2D eigenvalue weighted by Gasteiger charge is 2.22. The van der Waals surface area contributed by atoms with Gasteiger partial charge >= 0.3 is 5.97 Å². The van der Waals surface area contributed by atoms with Gasteiger partial charge in [-0.15, -0.1) is 0 Å². The van der Waals surface area contributed by atoms with E-state index in [0.29, 0.717) is 17.3 Å². The maximum Gasteiger partial charge on any atom is 0.354 e. The molecular weight excluding hydrogens is 416 g/mol. The lowest BCUT2D eigenvalue weighted by Gasteiger charge is -2.29. The fraction of sp³-hybridized carbons (Fsp3) is 0.478. The number of hydrogen-bond acceptors (Lipinski definition) is 5. The Morgan fingerprint density at radius 2 is 2.23 bits per heavy atom. The standard InChI is InChI=1S/C23H29ClN4O3/c1-3-31-23(30)20-10-15(13-27(20)2)17-11-16(24)12-19-22(17)28(14-26-19)9-5-6-18-21(29)7-4-8-25-18/h10-14,18,21,25,29H,3-9H2,1-2H3/t18-,21+/m1/s1. The van der Waals surface area contributed by atoms with E-state index in [0.717, 1.165) is 60.9 Å². The van der Waals surface area contributed by atoms with E-state index in [-0.39, 0.29) is 18.1 Å². The van der Waals surface area contributed by atoms with Crippen LogP contribution in [0.25, 0.3) is 22.2 Å². The molecule has 1 fully saturated rings. The molecule has 1 aromatic carbocycles. The topological polar surface area (TPSA) is 81.3 Å². The molecule has 0 unspecified atom stereocenters. The van der Waals surface area contributed by atoms with Gasteiger partial charge in [0.1, 0.15) is 5.69 Å². The van der Waals surface area contributed by atoms with E-state index in [1.165, 1.54) is 0 Å². The fourth-order valence-corrected chi connectivity index (χ4v) is 4.61. The average molecular weight is 445 g/mol. The van der Waals surface area contributed by atoms with Gasteiger partial charge in [0.15, 0.2) is 0 Å². The number of benzene rings is 1. The van der Waals surface area contributed by atoms with Crippen molar-refractivity contribution in [2.75, 3.05) is 13.2 Å². The molecule has 2 aromatic heterocycles. The summed E-state index contributed by atoms with van der Waals surface area (Å²) in [6.07, 6.45) is 7.20. The number of aryl methyl sites for hydroxylation is 2. The van der Waals surface area contributed by atoms with Crippen LogP contribution >= 0.6 is 11.6 Å². The third-order valence-corrected chi connectivity index (χ3v) is 6.16. The number of aromatic nitrogens is 3. The van der Waals surface area contributed by atoms with Gasteiger partial charge in [-0.05, 0) is 57.4 Å². The zero-order valence-electron chi connectivity index (χ0n) is 18.0. The second-order valence-corrected chi connectivity index (χ2v) is 8.55. The molecule has 0 bridgehead atoms. The van der Waals surface area contributed by atoms with Crippen LogP contribution in [0.4, 0.5) is 0 Å². The van der Waals surface area contributed by atoms with Crippen LogP contribution < -0.4 is 5.32 Å². The number of hydrogen-bond donors (Lipinski definition) is 2. The number of fused-ring (bicyclic) bond motifs is 1. The highest BCUT2D eigenvalue weighted by atomic mass is 35.5. The zero-order valence-corrected chi connectivity index (χ0v) is 18.7. The van der Waals surface area contributed by atoms with Crippen LogP contribution in [-0.2, 0) is 18.3 Å². The van der Waals surface area contributed by atoms with Crippen LogP contribution in [0.1, 0.15) is 43.1 Å². The first kappa shape index (κ1) is 21.9. The van der Waals surface area contributed by atoms with Gasteiger partial charge in [0, 0.05) is 42.0 Å². The molecule has 166 valence electrons. The number of carbonyl (C=O) groups excluding carboxylic acids is 1. The molecule has 0 aliphatic carbocycles. The van der Waals surface area contributed by atoms with Crippen molar-refractivity contribution in [1.82, 2.24) is 19.4 Å². The highest BCUT2D eigenvalue weighted by molar-refractivity contribution is 6.31. The number of rotatable bonds is 7. The van der Waals surface area contributed by atoms with Gasteiger partial charge < -0.3 is 24.3 Å². The Balaban J connectivity index is 1.61. The second kappa shape index (κ2) is 9.42. The Morgan fingerprint density at radius 1 is 1.39 bits per heavy atom. The van der Waals surface area contributed by atoms with Crippen molar-refractivity contribution in [3.05, 3.63) is 41.4 Å². The summed E-state index contributed by atoms with van der Waals surface area (Å²) in [5.41, 5.74) is 4.13. The molecule has 1 saturated heterocycles. The quantitative estimate of drug-likeness (QED) is 0.542. The minimum absolute atomic E-state index is 0.152. The molecule has 7 nitrogen and oxygen atoms in total. The van der Waals surface area contributed by atoms with Gasteiger partial charge in [0.25, 0.3) is 0 Å². The van der Waals surface area contributed by atoms with Crippen molar-refractivity contribution < 1.29 is 14.6 Å². The lowest BCUT2D eigenvalue weighted by Crippen LogP contribution is -2.44. The van der Waals surface area contributed by atoms with Crippen molar-refractivity contribution in [2.45, 2.75) is 51.3 Å². The molecule has 0 saturated carbocycles. The predicted molar refractivity (Wildman–Crippen MR) is 121 cm³/mol. The first-order valence-electron chi connectivity index (χ1n) is 10.9. The summed E-state index contributed by atoms with van der Waals surface area (Å²) in [5, 5.41) is 14.2. The van der Waals surface area contributed by atoms with Gasteiger partial charge in [-0.2, -0.15) is 0 Å². The van der Waals surface area contributed by atoms with Gasteiger partial charge in [-0.1, -0.05) is 11.6 Å². The number of esters is 1. The van der Waals surface area contributed by atoms with E-state index in [1.807, 2.05) is 37.8 Å². The van der Waals surface area contributed by atoms with Crippen molar-refractivity contribution in [3.8, 4) is 11.1 Å². The van der Waals surface area contributed by atoms with Gasteiger partial charge in [-0.25, -0.2) is 9.78 Å². The number of halogens is 1. The van der Waals surface area contributed by atoms with Crippen LogP contribution in [0.2, 0.25) is 5.02 Å². The van der Waals surface area contributed by atoms with Crippen LogP contribution in [0.15, 0.2) is 30.7 Å². The number of nitrogens with zero attached hydrogens (tertiary/aromatic N) is 3. The molecule has 4 rings (SSSR count). The summed E-state index contributed by atoms with van der Waals surface area (Å²) < 4.78 is 9.07. The number of piperidine rings is 1. The first-order valence-corrected chi connectivity index (χ1v) is 11.3. The molecular formula is C23H29ClN4O3. The predicted octanol–water partition coefficient (Wildman–Crippen LogP) is 3.77. The van der Waals surface area contributed by atoms with Crippen LogP contribution in [0, 0.1) is 0 Å². The third kappa shape index (κ3) is 4.63. The van der Waals surface area contributed by atoms with E-state index < -0.39 is 0 Å². The minimum Gasteiger partial charge on any atom is -0.461 e. The van der Waals surface area contributed by atoms with Crippen LogP contribution in [-0.4, -0.2) is 50.5 Å². The normalized spacial score (nSPS) is 19.1. The minimum atomic E-state index is -0.346. The molecule has 1 aliphatic rings. The average Bonchev–Trinajstić information content (AvgIpc) is 3.32. The molecule has 3 heterocycles. The van der Waals surface area contributed by atoms with Crippen molar-refractivity contribution in [1.29, 1.82) is 0 Å². The summed E-state index contributed by atoms with van der Waals surface area (Å²) in [6.45, 7) is 3.88. The molecule has 0 radical (unpaired) electrons. The third-order valence-electron chi connectivity index (χ3n) is 5.94. The van der Waals surface area contributed by atoms with E-state index >= 15 is 0 Å². The Hall–Kier alpha value is -2.35. The molecule has 3 aromatic rings. The lowest BCUT2D eigenvalue weighted by molar-refractivity contribution is 0.0515. The fourth-order valence-electron chi connectivity index (χ4n) is 4.40. The highest BCUT2D eigenvalue weighted by Crippen LogP contribution is 2.33. The second-order valence-electron chi connectivity index (χ2n) is 8.12. The van der Waals surface area contributed by atoms with Crippen LogP contribution in [0.5, 0.6) is 0 Å². The van der Waals surface area contributed by atoms with E-state index in [2.05, 4.69) is 14.9 Å². The maximum absolute atomic E-state index is 12.3. The monoisotopic (exact) mass is 444 g/mol. The molecule has 0 spiro atoms. The Bertz CT molecular complexity index is 1070. The molecule has 0 amide bonds. The molecule has 2 N–H and O–H groups in total. The number of imidazole rings is 1. The van der Waals surface area contributed by atoms with Gasteiger partial charge in [0.05, 0.1) is 30.1 Å². The molecule has 31 heavy (non-hydrogen) atoms. The summed E-state index contributed by atoms with van der Waals surface area (Å²) >= 11 is 6.38. The first-order chi connectivity index (χ1) is 15.0. The summed E-state index contributed by atoms with van der Waals surface area (Å²) in [5.74, 6) is -0.346.